The third kappa shape index (κ3) is 3.48. The van der Waals surface area contributed by atoms with Crippen molar-refractivity contribution in [2.24, 2.45) is 13.0 Å². The Balaban J connectivity index is 1.59. The van der Waals surface area contributed by atoms with Crippen molar-refractivity contribution in [3.63, 3.8) is 0 Å². The van der Waals surface area contributed by atoms with Crippen LogP contribution < -0.4 is 5.32 Å². The zero-order valence-electron chi connectivity index (χ0n) is 12.2. The Kier molecular flexibility index (Phi) is 3.99. The maximum absolute atomic E-state index is 12.2. The van der Waals surface area contributed by atoms with Gasteiger partial charge in [-0.3, -0.25) is 9.78 Å². The Hall–Kier alpha value is -2.17. The van der Waals surface area contributed by atoms with Crippen LogP contribution in [0.3, 0.4) is 0 Å². The van der Waals surface area contributed by atoms with Gasteiger partial charge < -0.3 is 9.88 Å². The van der Waals surface area contributed by atoms with Crippen LogP contribution in [-0.4, -0.2) is 20.4 Å². The van der Waals surface area contributed by atoms with Crippen molar-refractivity contribution in [2.75, 3.05) is 0 Å². The zero-order chi connectivity index (χ0) is 14.7. The summed E-state index contributed by atoms with van der Waals surface area (Å²) in [7, 11) is 1.97. The largest absolute Gasteiger partial charge is 0.346 e. The highest BCUT2D eigenvalue weighted by molar-refractivity contribution is 5.76. The fourth-order valence-electron chi connectivity index (χ4n) is 2.55. The molecule has 1 fully saturated rings. The Morgan fingerprint density at radius 1 is 1.48 bits per heavy atom. The third-order valence-corrected chi connectivity index (χ3v) is 3.91. The van der Waals surface area contributed by atoms with Gasteiger partial charge in [0.25, 0.3) is 0 Å². The van der Waals surface area contributed by atoms with E-state index in [9.17, 15) is 4.79 Å². The topological polar surface area (TPSA) is 59.8 Å². The van der Waals surface area contributed by atoms with E-state index >= 15 is 0 Å². The van der Waals surface area contributed by atoms with Crippen LogP contribution in [0.15, 0.2) is 36.9 Å². The predicted molar refractivity (Wildman–Crippen MR) is 79.4 cm³/mol. The van der Waals surface area contributed by atoms with Gasteiger partial charge in [0.15, 0.2) is 0 Å². The number of rotatable bonds is 6. The molecular formula is C16H20N4O. The zero-order valence-corrected chi connectivity index (χ0v) is 12.2. The lowest BCUT2D eigenvalue weighted by atomic mass is 10.1. The standard InChI is InChI=1S/C16H20N4O/c1-20-10-9-18-16(20)15(13-5-6-13)19-14(21)7-4-12-3-2-8-17-11-12/h2-3,8-11,13,15H,4-7H2,1H3,(H,19,21)/t15-/m1/s1. The molecule has 1 aliphatic rings. The van der Waals surface area contributed by atoms with E-state index < -0.39 is 0 Å². The third-order valence-electron chi connectivity index (χ3n) is 3.91. The van der Waals surface area contributed by atoms with Crippen LogP contribution in [0.4, 0.5) is 0 Å². The summed E-state index contributed by atoms with van der Waals surface area (Å²) in [5.41, 5.74) is 1.09. The molecule has 0 bridgehead atoms. The van der Waals surface area contributed by atoms with Crippen LogP contribution in [0.2, 0.25) is 0 Å². The normalized spacial score (nSPS) is 15.7. The number of aryl methyl sites for hydroxylation is 2. The number of hydrogen-bond donors (Lipinski definition) is 1. The smallest absolute Gasteiger partial charge is 0.220 e. The molecule has 0 spiro atoms. The molecule has 0 radical (unpaired) electrons. The van der Waals surface area contributed by atoms with Crippen molar-refractivity contribution in [1.82, 2.24) is 19.9 Å². The van der Waals surface area contributed by atoms with Crippen LogP contribution in [0.5, 0.6) is 0 Å². The number of carbonyl (C=O) groups excluding carboxylic acids is 1. The summed E-state index contributed by atoms with van der Waals surface area (Å²) >= 11 is 0. The summed E-state index contributed by atoms with van der Waals surface area (Å²) in [4.78, 5) is 20.7. The van der Waals surface area contributed by atoms with E-state index in [1.807, 2.05) is 36.1 Å². The molecule has 2 aromatic heterocycles. The molecule has 5 nitrogen and oxygen atoms in total. The highest BCUT2D eigenvalue weighted by Crippen LogP contribution is 2.40. The first-order valence-corrected chi connectivity index (χ1v) is 7.39. The number of nitrogens with one attached hydrogen (secondary N) is 1. The highest BCUT2D eigenvalue weighted by atomic mass is 16.1. The summed E-state index contributed by atoms with van der Waals surface area (Å²) < 4.78 is 1.99. The summed E-state index contributed by atoms with van der Waals surface area (Å²) in [6.07, 6.45) is 10.8. The highest BCUT2D eigenvalue weighted by Gasteiger charge is 2.35. The Labute approximate surface area is 124 Å². The molecule has 0 unspecified atom stereocenters. The minimum atomic E-state index is 0.0476. The Morgan fingerprint density at radius 2 is 2.33 bits per heavy atom. The van der Waals surface area contributed by atoms with Crippen molar-refractivity contribution in [1.29, 1.82) is 0 Å². The molecule has 2 heterocycles. The molecule has 110 valence electrons. The quantitative estimate of drug-likeness (QED) is 0.882. The van der Waals surface area contributed by atoms with Gasteiger partial charge in [0, 0.05) is 38.3 Å². The maximum Gasteiger partial charge on any atom is 0.220 e. The number of hydrogen-bond acceptors (Lipinski definition) is 3. The first-order chi connectivity index (χ1) is 10.2. The average Bonchev–Trinajstić information content (AvgIpc) is 3.26. The van der Waals surface area contributed by atoms with E-state index in [-0.39, 0.29) is 11.9 Å². The van der Waals surface area contributed by atoms with Crippen molar-refractivity contribution >= 4 is 5.91 Å². The molecule has 1 aliphatic carbocycles. The number of pyridine rings is 1. The fraction of sp³-hybridized carbons (Fsp3) is 0.438. The summed E-state index contributed by atoms with van der Waals surface area (Å²) in [5.74, 6) is 1.57. The second kappa shape index (κ2) is 6.08. The van der Waals surface area contributed by atoms with E-state index in [0.717, 1.165) is 17.8 Å². The monoisotopic (exact) mass is 284 g/mol. The molecule has 1 atom stereocenters. The fourth-order valence-corrected chi connectivity index (χ4v) is 2.55. The van der Waals surface area contributed by atoms with E-state index in [1.54, 1.807) is 12.4 Å². The van der Waals surface area contributed by atoms with Crippen molar-refractivity contribution in [3.05, 3.63) is 48.3 Å². The number of nitrogens with zero attached hydrogens (tertiary/aromatic N) is 3. The molecule has 1 amide bonds. The molecule has 0 aromatic carbocycles. The molecule has 2 aromatic rings. The van der Waals surface area contributed by atoms with Gasteiger partial charge in [-0.25, -0.2) is 4.98 Å². The number of imidazole rings is 1. The molecule has 1 N–H and O–H groups in total. The number of carbonyl (C=O) groups is 1. The van der Waals surface area contributed by atoms with Gasteiger partial charge in [-0.15, -0.1) is 0 Å². The molecular weight excluding hydrogens is 264 g/mol. The lowest BCUT2D eigenvalue weighted by Crippen LogP contribution is -2.31. The maximum atomic E-state index is 12.2. The molecule has 1 saturated carbocycles. The second-order valence-corrected chi connectivity index (χ2v) is 5.64. The van der Waals surface area contributed by atoms with Crippen molar-refractivity contribution in [3.8, 4) is 0 Å². The summed E-state index contributed by atoms with van der Waals surface area (Å²) in [5, 5.41) is 3.15. The summed E-state index contributed by atoms with van der Waals surface area (Å²) in [6.45, 7) is 0. The van der Waals surface area contributed by atoms with E-state index in [4.69, 9.17) is 0 Å². The minimum absolute atomic E-state index is 0.0476. The SMILES string of the molecule is Cn1ccnc1[C@H](NC(=O)CCc1cccnc1)C1CC1. The van der Waals surface area contributed by atoms with Gasteiger partial charge in [0.2, 0.25) is 5.91 Å². The van der Waals surface area contributed by atoms with Crippen LogP contribution in [0, 0.1) is 5.92 Å². The lowest BCUT2D eigenvalue weighted by molar-refractivity contribution is -0.122. The minimum Gasteiger partial charge on any atom is -0.346 e. The molecule has 0 saturated heterocycles. The first kappa shape index (κ1) is 13.8. The van der Waals surface area contributed by atoms with Crippen LogP contribution in [-0.2, 0) is 18.3 Å². The Bertz CT molecular complexity index is 604. The average molecular weight is 284 g/mol. The Morgan fingerprint density at radius 3 is 2.95 bits per heavy atom. The van der Waals surface area contributed by atoms with Gasteiger partial charge in [0.1, 0.15) is 5.82 Å². The summed E-state index contributed by atoms with van der Waals surface area (Å²) in [6, 6.07) is 3.94. The number of amides is 1. The lowest BCUT2D eigenvalue weighted by Gasteiger charge is -2.18. The first-order valence-electron chi connectivity index (χ1n) is 7.39. The van der Waals surface area contributed by atoms with Crippen LogP contribution in [0.1, 0.15) is 36.7 Å². The van der Waals surface area contributed by atoms with Gasteiger partial charge in [-0.05, 0) is 36.8 Å². The van der Waals surface area contributed by atoms with E-state index in [2.05, 4.69) is 15.3 Å². The van der Waals surface area contributed by atoms with Gasteiger partial charge in [-0.1, -0.05) is 6.07 Å². The second-order valence-electron chi connectivity index (χ2n) is 5.64. The van der Waals surface area contributed by atoms with Crippen molar-refractivity contribution < 1.29 is 4.79 Å². The molecule has 0 aliphatic heterocycles. The van der Waals surface area contributed by atoms with Gasteiger partial charge in [0.05, 0.1) is 6.04 Å². The van der Waals surface area contributed by atoms with Crippen molar-refractivity contribution in [2.45, 2.75) is 31.7 Å². The van der Waals surface area contributed by atoms with Gasteiger partial charge >= 0.3 is 0 Å². The molecule has 21 heavy (non-hydrogen) atoms. The predicted octanol–water partition coefficient (Wildman–Crippen LogP) is 2.02. The van der Waals surface area contributed by atoms with Crippen LogP contribution in [0.25, 0.3) is 0 Å². The molecule has 5 heteroatoms. The van der Waals surface area contributed by atoms with E-state index in [0.29, 0.717) is 12.3 Å². The van der Waals surface area contributed by atoms with E-state index in [1.165, 1.54) is 12.8 Å². The number of aromatic nitrogens is 3. The van der Waals surface area contributed by atoms with Crippen LogP contribution >= 0.6 is 0 Å². The van der Waals surface area contributed by atoms with Gasteiger partial charge in [-0.2, -0.15) is 0 Å². The molecule has 3 rings (SSSR count).